The average Bonchev–Trinajstić information content (AvgIpc) is 3.09. The van der Waals surface area contributed by atoms with E-state index < -0.39 is 0 Å². The topological polar surface area (TPSA) is 30.0 Å². The van der Waals surface area contributed by atoms with E-state index in [4.69, 9.17) is 0 Å². The minimum absolute atomic E-state index is 0.307. The highest BCUT2D eigenvalue weighted by molar-refractivity contribution is 6.07. The third-order valence-corrected chi connectivity index (χ3v) is 5.28. The molecule has 3 unspecified atom stereocenters. The van der Waals surface area contributed by atoms with Crippen LogP contribution in [0.3, 0.4) is 0 Å². The molecule has 2 saturated carbocycles. The molecule has 2 bridgehead atoms. The van der Waals surface area contributed by atoms with E-state index in [2.05, 4.69) is 4.98 Å². The van der Waals surface area contributed by atoms with Gasteiger partial charge in [0.15, 0.2) is 5.78 Å². The van der Waals surface area contributed by atoms with Crippen molar-refractivity contribution in [3.8, 4) is 0 Å². The lowest BCUT2D eigenvalue weighted by Gasteiger charge is -2.20. The minimum atomic E-state index is 0.307. The van der Waals surface area contributed by atoms with Crippen LogP contribution < -0.4 is 0 Å². The molecule has 2 aliphatic rings. The first-order valence-electron chi connectivity index (χ1n) is 7.68. The summed E-state index contributed by atoms with van der Waals surface area (Å²) in [5, 5.41) is 1.00. The molecule has 0 saturated heterocycles. The monoisotopic (exact) mass is 265 g/mol. The van der Waals surface area contributed by atoms with E-state index >= 15 is 0 Å². The average molecular weight is 265 g/mol. The van der Waals surface area contributed by atoms with Crippen LogP contribution in [-0.2, 0) is 0 Å². The van der Waals surface area contributed by atoms with Gasteiger partial charge in [-0.3, -0.25) is 9.78 Å². The minimum Gasteiger partial charge on any atom is -0.294 e. The van der Waals surface area contributed by atoms with E-state index in [0.717, 1.165) is 34.7 Å². The van der Waals surface area contributed by atoms with E-state index in [1.807, 2.05) is 30.3 Å². The number of pyridine rings is 1. The fourth-order valence-electron chi connectivity index (χ4n) is 4.32. The summed E-state index contributed by atoms with van der Waals surface area (Å²) in [5.74, 6) is 2.67. The van der Waals surface area contributed by atoms with Gasteiger partial charge in [0.2, 0.25) is 0 Å². The molecule has 20 heavy (non-hydrogen) atoms. The van der Waals surface area contributed by atoms with Gasteiger partial charge < -0.3 is 0 Å². The Bertz CT molecular complexity index is 658. The quantitative estimate of drug-likeness (QED) is 0.777. The Kier molecular flexibility index (Phi) is 2.83. The molecular weight excluding hydrogens is 246 g/mol. The van der Waals surface area contributed by atoms with Gasteiger partial charge in [-0.25, -0.2) is 0 Å². The summed E-state index contributed by atoms with van der Waals surface area (Å²) >= 11 is 0. The van der Waals surface area contributed by atoms with Crippen LogP contribution in [0.1, 0.15) is 42.5 Å². The number of Topliss-reactive ketones (excluding diaryl/α,β-unsaturated/α-hetero) is 1. The zero-order chi connectivity index (χ0) is 13.5. The Labute approximate surface area is 119 Å². The van der Waals surface area contributed by atoms with Crippen molar-refractivity contribution in [1.82, 2.24) is 4.98 Å². The van der Waals surface area contributed by atoms with Gasteiger partial charge in [0.1, 0.15) is 0 Å². The predicted octanol–water partition coefficient (Wildman–Crippen LogP) is 4.24. The molecule has 2 heteroatoms. The smallest absolute Gasteiger partial charge is 0.163 e. The van der Waals surface area contributed by atoms with Gasteiger partial charge in [0.05, 0.1) is 5.52 Å². The van der Waals surface area contributed by atoms with Gasteiger partial charge in [-0.2, -0.15) is 0 Å². The lowest BCUT2D eigenvalue weighted by atomic mass is 9.84. The van der Waals surface area contributed by atoms with Crippen LogP contribution in [0.2, 0.25) is 0 Å². The van der Waals surface area contributed by atoms with E-state index in [-0.39, 0.29) is 0 Å². The highest BCUT2D eigenvalue weighted by Crippen LogP contribution is 2.49. The number of rotatable bonds is 3. The molecule has 2 aromatic rings. The molecule has 0 amide bonds. The lowest BCUT2D eigenvalue weighted by molar-refractivity contribution is 0.0946. The van der Waals surface area contributed by atoms with Crippen molar-refractivity contribution >= 4 is 16.7 Å². The highest BCUT2D eigenvalue weighted by atomic mass is 16.1. The zero-order valence-electron chi connectivity index (χ0n) is 11.6. The van der Waals surface area contributed by atoms with Crippen molar-refractivity contribution in [3.63, 3.8) is 0 Å². The van der Waals surface area contributed by atoms with Crippen LogP contribution in [-0.4, -0.2) is 10.8 Å². The van der Waals surface area contributed by atoms with Crippen LogP contribution in [0.5, 0.6) is 0 Å². The Morgan fingerprint density at radius 2 is 2.10 bits per heavy atom. The SMILES string of the molecule is O=C(CC1CC2CCC1C2)c1cccc2ncccc12. The molecule has 3 atom stereocenters. The van der Waals surface area contributed by atoms with Crippen molar-refractivity contribution in [1.29, 1.82) is 0 Å². The maximum absolute atomic E-state index is 12.7. The first kappa shape index (κ1) is 12.1. The molecule has 0 spiro atoms. The molecule has 1 aromatic heterocycles. The first-order chi connectivity index (χ1) is 9.81. The van der Waals surface area contributed by atoms with Crippen LogP contribution in [0.25, 0.3) is 10.9 Å². The van der Waals surface area contributed by atoms with E-state index in [0.29, 0.717) is 11.7 Å². The Morgan fingerprint density at radius 1 is 1.15 bits per heavy atom. The maximum atomic E-state index is 12.7. The van der Waals surface area contributed by atoms with Crippen molar-refractivity contribution in [3.05, 3.63) is 42.1 Å². The number of nitrogens with zero attached hydrogens (tertiary/aromatic N) is 1. The second kappa shape index (κ2) is 4.69. The third-order valence-electron chi connectivity index (χ3n) is 5.28. The number of hydrogen-bond donors (Lipinski definition) is 0. The number of hydrogen-bond acceptors (Lipinski definition) is 2. The molecule has 2 aliphatic carbocycles. The first-order valence-corrected chi connectivity index (χ1v) is 7.68. The molecule has 0 radical (unpaired) electrons. The number of carbonyl (C=O) groups excluding carboxylic acids is 1. The largest absolute Gasteiger partial charge is 0.294 e. The summed E-state index contributed by atoms with van der Waals surface area (Å²) in [5.41, 5.74) is 1.78. The highest BCUT2D eigenvalue weighted by Gasteiger charge is 2.40. The summed E-state index contributed by atoms with van der Waals surface area (Å²) in [7, 11) is 0. The van der Waals surface area contributed by atoms with Gasteiger partial charge in [-0.15, -0.1) is 0 Å². The molecule has 1 heterocycles. The van der Waals surface area contributed by atoms with Crippen LogP contribution in [0.4, 0.5) is 0 Å². The van der Waals surface area contributed by atoms with Gasteiger partial charge in [0.25, 0.3) is 0 Å². The third kappa shape index (κ3) is 1.94. The van der Waals surface area contributed by atoms with Crippen molar-refractivity contribution in [2.75, 3.05) is 0 Å². The number of fused-ring (bicyclic) bond motifs is 3. The standard InChI is InChI=1S/C18H19NO/c20-18(11-14-10-12-6-7-13(14)9-12)16-3-1-5-17-15(16)4-2-8-19-17/h1-5,8,12-14H,6-7,9-11H2. The maximum Gasteiger partial charge on any atom is 0.163 e. The molecule has 2 fully saturated rings. The summed E-state index contributed by atoms with van der Waals surface area (Å²) in [6.45, 7) is 0. The Morgan fingerprint density at radius 3 is 2.90 bits per heavy atom. The fraction of sp³-hybridized carbons (Fsp3) is 0.444. The van der Waals surface area contributed by atoms with Crippen molar-refractivity contribution in [2.24, 2.45) is 17.8 Å². The molecular formula is C18H19NO. The van der Waals surface area contributed by atoms with Crippen LogP contribution in [0, 0.1) is 17.8 Å². The number of ketones is 1. The van der Waals surface area contributed by atoms with E-state index in [9.17, 15) is 4.79 Å². The molecule has 4 rings (SSSR count). The summed E-state index contributed by atoms with van der Waals surface area (Å²) in [6, 6.07) is 9.81. The molecule has 102 valence electrons. The molecule has 0 N–H and O–H groups in total. The van der Waals surface area contributed by atoms with Crippen molar-refractivity contribution < 1.29 is 4.79 Å². The second-order valence-electron chi connectivity index (χ2n) is 6.44. The summed E-state index contributed by atoms with van der Waals surface area (Å²) < 4.78 is 0. The number of aromatic nitrogens is 1. The van der Waals surface area contributed by atoms with Gasteiger partial charge in [-0.1, -0.05) is 24.6 Å². The predicted molar refractivity (Wildman–Crippen MR) is 79.6 cm³/mol. The van der Waals surface area contributed by atoms with E-state index in [1.165, 1.54) is 25.7 Å². The normalized spacial score (nSPS) is 28.1. The lowest BCUT2D eigenvalue weighted by Crippen LogP contribution is -2.15. The van der Waals surface area contributed by atoms with E-state index in [1.54, 1.807) is 6.20 Å². The van der Waals surface area contributed by atoms with Gasteiger partial charge >= 0.3 is 0 Å². The van der Waals surface area contributed by atoms with Crippen LogP contribution >= 0.6 is 0 Å². The van der Waals surface area contributed by atoms with Gasteiger partial charge in [0, 0.05) is 23.6 Å². The molecule has 1 aromatic carbocycles. The molecule has 0 aliphatic heterocycles. The molecule has 2 nitrogen and oxygen atoms in total. The van der Waals surface area contributed by atoms with Crippen LogP contribution in [0.15, 0.2) is 36.5 Å². The zero-order valence-corrected chi connectivity index (χ0v) is 11.6. The fourth-order valence-corrected chi connectivity index (χ4v) is 4.32. The number of carbonyl (C=O) groups is 1. The van der Waals surface area contributed by atoms with Gasteiger partial charge in [-0.05, 0) is 49.1 Å². The van der Waals surface area contributed by atoms with Crippen molar-refractivity contribution in [2.45, 2.75) is 32.1 Å². The second-order valence-corrected chi connectivity index (χ2v) is 6.44. The summed E-state index contributed by atoms with van der Waals surface area (Å²) in [6.07, 6.45) is 7.91. The Balaban J connectivity index is 1.61. The summed E-state index contributed by atoms with van der Waals surface area (Å²) in [4.78, 5) is 17.0. The number of benzene rings is 1. The Hall–Kier alpha value is -1.70.